The molecule has 8 heteroatoms. The predicted octanol–water partition coefficient (Wildman–Crippen LogP) is 0.0837. The molecule has 0 radical (unpaired) electrons. The fraction of sp³-hybridized carbons (Fsp3) is 0.500. The summed E-state index contributed by atoms with van der Waals surface area (Å²) in [5.41, 5.74) is 0.315. The van der Waals surface area contributed by atoms with Gasteiger partial charge in [-0.2, -0.15) is 0 Å². The summed E-state index contributed by atoms with van der Waals surface area (Å²) >= 11 is 0. The number of hydrogen-bond acceptors (Lipinski definition) is 6. The standard InChI is InChI=1S/C14H20N2O5S/c1-20-14(17)12-2-4-13(5-3-12)22(18,19)15-6-7-16-8-10-21-11-9-16/h2-5,15H,6-11H2,1H3. The maximum atomic E-state index is 12.2. The third-order valence-electron chi connectivity index (χ3n) is 3.41. The lowest BCUT2D eigenvalue weighted by Gasteiger charge is -2.26. The number of ether oxygens (including phenoxy) is 2. The van der Waals surface area contributed by atoms with Gasteiger partial charge in [-0.15, -0.1) is 0 Å². The summed E-state index contributed by atoms with van der Waals surface area (Å²) in [6.45, 7) is 3.97. The monoisotopic (exact) mass is 328 g/mol. The van der Waals surface area contributed by atoms with E-state index in [9.17, 15) is 13.2 Å². The lowest BCUT2D eigenvalue weighted by molar-refractivity contribution is 0.0390. The van der Waals surface area contributed by atoms with Crippen LogP contribution >= 0.6 is 0 Å². The van der Waals surface area contributed by atoms with Crippen LogP contribution in [0.15, 0.2) is 29.2 Å². The maximum absolute atomic E-state index is 12.2. The molecule has 0 saturated carbocycles. The Morgan fingerprint density at radius 3 is 2.50 bits per heavy atom. The fourth-order valence-electron chi connectivity index (χ4n) is 2.13. The van der Waals surface area contributed by atoms with Crippen LogP contribution in [0.25, 0.3) is 0 Å². The second-order valence-corrected chi connectivity index (χ2v) is 6.63. The molecule has 7 nitrogen and oxygen atoms in total. The Morgan fingerprint density at radius 2 is 1.91 bits per heavy atom. The zero-order chi connectivity index (χ0) is 16.0. The molecule has 1 aromatic carbocycles. The quantitative estimate of drug-likeness (QED) is 0.745. The van der Waals surface area contributed by atoms with Gasteiger partial charge in [0.2, 0.25) is 10.0 Å². The molecule has 2 rings (SSSR count). The molecule has 1 aromatic rings. The van der Waals surface area contributed by atoms with Crippen molar-refractivity contribution in [3.8, 4) is 0 Å². The van der Waals surface area contributed by atoms with E-state index in [0.717, 1.165) is 13.1 Å². The second kappa shape index (κ2) is 7.68. The molecule has 0 bridgehead atoms. The van der Waals surface area contributed by atoms with Gasteiger partial charge in [-0.3, -0.25) is 4.90 Å². The normalized spacial score (nSPS) is 16.4. The van der Waals surface area contributed by atoms with Gasteiger partial charge in [-0.25, -0.2) is 17.9 Å². The molecule has 0 unspecified atom stereocenters. The summed E-state index contributed by atoms with van der Waals surface area (Å²) in [6, 6.07) is 5.65. The van der Waals surface area contributed by atoms with E-state index in [1.54, 1.807) is 0 Å². The highest BCUT2D eigenvalue weighted by Crippen LogP contribution is 2.11. The van der Waals surface area contributed by atoms with E-state index in [1.165, 1.54) is 31.4 Å². The van der Waals surface area contributed by atoms with E-state index in [1.807, 2.05) is 0 Å². The number of hydrogen-bond donors (Lipinski definition) is 1. The smallest absolute Gasteiger partial charge is 0.337 e. The van der Waals surface area contributed by atoms with E-state index in [0.29, 0.717) is 31.9 Å². The molecule has 1 heterocycles. The molecule has 0 aromatic heterocycles. The summed E-state index contributed by atoms with van der Waals surface area (Å²) in [7, 11) is -2.29. The van der Waals surface area contributed by atoms with Crippen LogP contribution in [0.1, 0.15) is 10.4 Å². The molecule has 0 amide bonds. The number of carbonyl (C=O) groups is 1. The van der Waals surface area contributed by atoms with Crippen LogP contribution < -0.4 is 4.72 Å². The molecule has 122 valence electrons. The van der Waals surface area contributed by atoms with E-state index < -0.39 is 16.0 Å². The third-order valence-corrected chi connectivity index (χ3v) is 4.89. The number of carbonyl (C=O) groups excluding carboxylic acids is 1. The Balaban J connectivity index is 1.90. The van der Waals surface area contributed by atoms with Crippen molar-refractivity contribution in [2.24, 2.45) is 0 Å². The van der Waals surface area contributed by atoms with Gasteiger partial charge in [0.15, 0.2) is 0 Å². The van der Waals surface area contributed by atoms with Crippen molar-refractivity contribution < 1.29 is 22.7 Å². The van der Waals surface area contributed by atoms with Gasteiger partial charge in [0, 0.05) is 26.2 Å². The first kappa shape index (κ1) is 16.9. The number of benzene rings is 1. The molecular weight excluding hydrogens is 308 g/mol. The van der Waals surface area contributed by atoms with Gasteiger partial charge in [0.1, 0.15) is 0 Å². The van der Waals surface area contributed by atoms with Gasteiger partial charge in [-0.1, -0.05) is 0 Å². The van der Waals surface area contributed by atoms with Crippen LogP contribution in [0, 0.1) is 0 Å². The first-order valence-electron chi connectivity index (χ1n) is 7.01. The van der Waals surface area contributed by atoms with Crippen LogP contribution in [0.2, 0.25) is 0 Å². The largest absolute Gasteiger partial charge is 0.465 e. The Kier molecular flexibility index (Phi) is 5.90. The fourth-order valence-corrected chi connectivity index (χ4v) is 3.16. The van der Waals surface area contributed by atoms with Crippen LogP contribution in [-0.4, -0.2) is 65.8 Å². The summed E-state index contributed by atoms with van der Waals surface area (Å²) in [4.78, 5) is 13.6. The first-order chi connectivity index (χ1) is 10.5. The molecule has 1 saturated heterocycles. The third kappa shape index (κ3) is 4.51. The second-order valence-electron chi connectivity index (χ2n) is 4.87. The average molecular weight is 328 g/mol. The number of methoxy groups -OCH3 is 1. The van der Waals surface area contributed by atoms with Crippen LogP contribution in [-0.2, 0) is 19.5 Å². The van der Waals surface area contributed by atoms with Gasteiger partial charge in [-0.05, 0) is 24.3 Å². The van der Waals surface area contributed by atoms with Crippen molar-refractivity contribution in [2.45, 2.75) is 4.90 Å². The van der Waals surface area contributed by atoms with Gasteiger partial charge >= 0.3 is 5.97 Å². The SMILES string of the molecule is COC(=O)c1ccc(S(=O)(=O)NCCN2CCOCC2)cc1. The zero-order valence-corrected chi connectivity index (χ0v) is 13.3. The number of morpholine rings is 1. The lowest BCUT2D eigenvalue weighted by atomic mass is 10.2. The van der Waals surface area contributed by atoms with Crippen LogP contribution in [0.3, 0.4) is 0 Å². The van der Waals surface area contributed by atoms with Crippen LogP contribution in [0.5, 0.6) is 0 Å². The van der Waals surface area contributed by atoms with E-state index in [2.05, 4.69) is 14.4 Å². The molecule has 1 N–H and O–H groups in total. The highest BCUT2D eigenvalue weighted by molar-refractivity contribution is 7.89. The van der Waals surface area contributed by atoms with Crippen molar-refractivity contribution in [3.05, 3.63) is 29.8 Å². The number of nitrogens with zero attached hydrogens (tertiary/aromatic N) is 1. The Labute approximate surface area is 130 Å². The van der Waals surface area contributed by atoms with E-state index in [4.69, 9.17) is 4.74 Å². The Bertz CT molecular complexity index is 594. The van der Waals surface area contributed by atoms with Gasteiger partial charge in [0.05, 0.1) is 30.8 Å². The molecule has 1 fully saturated rings. The lowest BCUT2D eigenvalue weighted by Crippen LogP contribution is -2.41. The Morgan fingerprint density at radius 1 is 1.27 bits per heavy atom. The summed E-state index contributed by atoms with van der Waals surface area (Å²) in [5.74, 6) is -0.496. The first-order valence-corrected chi connectivity index (χ1v) is 8.49. The van der Waals surface area contributed by atoms with Crippen molar-refractivity contribution >= 4 is 16.0 Å². The predicted molar refractivity (Wildman–Crippen MR) is 80.2 cm³/mol. The topological polar surface area (TPSA) is 84.9 Å². The van der Waals surface area contributed by atoms with E-state index in [-0.39, 0.29) is 4.90 Å². The number of nitrogens with one attached hydrogen (secondary N) is 1. The molecule has 1 aliphatic rings. The summed E-state index contributed by atoms with van der Waals surface area (Å²) < 4.78 is 36.7. The average Bonchev–Trinajstić information content (AvgIpc) is 2.55. The molecule has 0 aliphatic carbocycles. The molecule has 0 spiro atoms. The number of esters is 1. The van der Waals surface area contributed by atoms with Crippen molar-refractivity contribution in [2.75, 3.05) is 46.5 Å². The molecule has 22 heavy (non-hydrogen) atoms. The van der Waals surface area contributed by atoms with Crippen molar-refractivity contribution in [1.82, 2.24) is 9.62 Å². The highest BCUT2D eigenvalue weighted by atomic mass is 32.2. The van der Waals surface area contributed by atoms with Crippen LogP contribution in [0.4, 0.5) is 0 Å². The van der Waals surface area contributed by atoms with Crippen molar-refractivity contribution in [3.63, 3.8) is 0 Å². The van der Waals surface area contributed by atoms with E-state index >= 15 is 0 Å². The summed E-state index contributed by atoms with van der Waals surface area (Å²) in [5, 5.41) is 0. The van der Waals surface area contributed by atoms with Gasteiger partial charge < -0.3 is 9.47 Å². The number of sulfonamides is 1. The maximum Gasteiger partial charge on any atom is 0.337 e. The minimum Gasteiger partial charge on any atom is -0.465 e. The van der Waals surface area contributed by atoms with Gasteiger partial charge in [0.25, 0.3) is 0 Å². The molecule has 0 atom stereocenters. The number of rotatable bonds is 6. The minimum atomic E-state index is -3.57. The zero-order valence-electron chi connectivity index (χ0n) is 12.4. The van der Waals surface area contributed by atoms with Crippen molar-refractivity contribution in [1.29, 1.82) is 0 Å². The highest BCUT2D eigenvalue weighted by Gasteiger charge is 2.16. The Hall–Kier alpha value is -1.48. The molecule has 1 aliphatic heterocycles. The minimum absolute atomic E-state index is 0.127. The molecular formula is C14H20N2O5S. The summed E-state index contributed by atoms with van der Waals surface area (Å²) in [6.07, 6.45) is 0.